The number of amides is 1. The molecule has 0 aromatic heterocycles. The summed E-state index contributed by atoms with van der Waals surface area (Å²) in [6, 6.07) is 9.38. The number of nitro benzene ring substituents is 1. The first-order valence-electron chi connectivity index (χ1n) is 9.59. The van der Waals surface area contributed by atoms with Gasteiger partial charge in [0.05, 0.1) is 29.3 Å². The van der Waals surface area contributed by atoms with Gasteiger partial charge in [0.2, 0.25) is 5.91 Å². The second-order valence-electron chi connectivity index (χ2n) is 7.55. The predicted molar refractivity (Wildman–Crippen MR) is 112 cm³/mol. The Morgan fingerprint density at radius 1 is 1.30 bits per heavy atom. The summed E-state index contributed by atoms with van der Waals surface area (Å²) >= 11 is 0. The molecular weight excluding hydrogens is 390 g/mol. The number of carbonyl (C=O) groups is 1. The Morgan fingerprint density at radius 3 is 2.63 bits per heavy atom. The van der Waals surface area contributed by atoms with E-state index in [1.807, 2.05) is 31.2 Å². The van der Waals surface area contributed by atoms with E-state index in [9.17, 15) is 20.0 Å². The molecule has 0 unspecified atom stereocenters. The van der Waals surface area contributed by atoms with Crippen LogP contribution in [0.5, 0.6) is 11.5 Å². The van der Waals surface area contributed by atoms with Crippen molar-refractivity contribution < 1.29 is 24.3 Å². The van der Waals surface area contributed by atoms with Crippen molar-refractivity contribution >= 4 is 23.0 Å². The molecule has 0 spiro atoms. The Hall–Kier alpha value is -3.33. The van der Waals surface area contributed by atoms with E-state index < -0.39 is 28.6 Å². The van der Waals surface area contributed by atoms with Crippen LogP contribution < -0.4 is 20.1 Å². The lowest BCUT2D eigenvalue weighted by molar-refractivity contribution is -0.384. The van der Waals surface area contributed by atoms with Gasteiger partial charge in [-0.3, -0.25) is 14.9 Å². The highest BCUT2D eigenvalue weighted by molar-refractivity contribution is 5.92. The Bertz CT molecular complexity index is 975. The molecule has 2 atom stereocenters. The van der Waals surface area contributed by atoms with Crippen LogP contribution >= 0.6 is 0 Å². The standard InChI is InChI=1S/C21H25N3O6/c1-5-29-17-9-7-6-8-14(17)23-19-13-10-15(22-12(2)25)16(24(27)28)11-18(13)30-21(3,4)20(19)26/h6-11,19-20,23,26H,5H2,1-4H3,(H,22,25)/t19-,20+/m1/s1. The van der Waals surface area contributed by atoms with Gasteiger partial charge in [0.1, 0.15) is 28.9 Å². The molecule has 9 heteroatoms. The molecule has 1 aliphatic rings. The van der Waals surface area contributed by atoms with E-state index in [4.69, 9.17) is 9.47 Å². The number of nitro groups is 1. The van der Waals surface area contributed by atoms with Gasteiger partial charge in [-0.25, -0.2) is 0 Å². The molecular formula is C21H25N3O6. The van der Waals surface area contributed by atoms with Gasteiger partial charge in [0.25, 0.3) is 5.69 Å². The normalized spacial score (nSPS) is 19.2. The molecule has 0 saturated carbocycles. The average molecular weight is 415 g/mol. The van der Waals surface area contributed by atoms with Gasteiger partial charge < -0.3 is 25.2 Å². The molecule has 0 bridgehead atoms. The number of aliphatic hydroxyl groups excluding tert-OH is 1. The highest BCUT2D eigenvalue weighted by atomic mass is 16.6. The van der Waals surface area contributed by atoms with E-state index >= 15 is 0 Å². The van der Waals surface area contributed by atoms with Crippen molar-refractivity contribution in [2.75, 3.05) is 17.2 Å². The number of para-hydroxylation sites is 2. The highest BCUT2D eigenvalue weighted by Gasteiger charge is 2.44. The van der Waals surface area contributed by atoms with Gasteiger partial charge in [-0.05, 0) is 39.0 Å². The maximum Gasteiger partial charge on any atom is 0.296 e. The van der Waals surface area contributed by atoms with Crippen LogP contribution in [-0.2, 0) is 4.79 Å². The minimum absolute atomic E-state index is 0.0339. The lowest BCUT2D eigenvalue weighted by Crippen LogP contribution is -2.50. The number of hydrogen-bond acceptors (Lipinski definition) is 7. The molecule has 1 aliphatic heterocycles. The van der Waals surface area contributed by atoms with Crippen LogP contribution in [0.2, 0.25) is 0 Å². The number of hydrogen-bond donors (Lipinski definition) is 3. The largest absolute Gasteiger partial charge is 0.492 e. The lowest BCUT2D eigenvalue weighted by atomic mass is 9.86. The zero-order valence-electron chi connectivity index (χ0n) is 17.3. The van der Waals surface area contributed by atoms with Gasteiger partial charge in [0, 0.05) is 12.5 Å². The molecule has 1 amide bonds. The molecule has 2 aromatic rings. The van der Waals surface area contributed by atoms with Crippen LogP contribution in [0.15, 0.2) is 36.4 Å². The Labute approximate surface area is 174 Å². The lowest BCUT2D eigenvalue weighted by Gasteiger charge is -2.42. The molecule has 0 aliphatic carbocycles. The zero-order chi connectivity index (χ0) is 22.1. The third-order valence-electron chi connectivity index (χ3n) is 4.87. The third kappa shape index (κ3) is 4.16. The molecule has 160 valence electrons. The van der Waals surface area contributed by atoms with E-state index in [-0.39, 0.29) is 17.1 Å². The van der Waals surface area contributed by atoms with E-state index in [1.165, 1.54) is 19.1 Å². The number of anilines is 2. The summed E-state index contributed by atoms with van der Waals surface area (Å²) in [5, 5.41) is 28.3. The van der Waals surface area contributed by atoms with E-state index in [2.05, 4.69) is 10.6 Å². The predicted octanol–water partition coefficient (Wildman–Crippen LogP) is 3.64. The smallest absolute Gasteiger partial charge is 0.296 e. The van der Waals surface area contributed by atoms with Crippen molar-refractivity contribution in [2.24, 2.45) is 0 Å². The maximum absolute atomic E-state index is 11.6. The van der Waals surface area contributed by atoms with E-state index in [1.54, 1.807) is 13.8 Å². The number of aliphatic hydroxyl groups is 1. The number of nitrogens with one attached hydrogen (secondary N) is 2. The molecule has 30 heavy (non-hydrogen) atoms. The molecule has 3 rings (SSSR count). The Balaban J connectivity index is 2.12. The summed E-state index contributed by atoms with van der Waals surface area (Å²) in [7, 11) is 0. The van der Waals surface area contributed by atoms with Crippen LogP contribution in [0.3, 0.4) is 0 Å². The summed E-state index contributed by atoms with van der Waals surface area (Å²) < 4.78 is 11.5. The molecule has 9 nitrogen and oxygen atoms in total. The first kappa shape index (κ1) is 21.4. The van der Waals surface area contributed by atoms with Crippen molar-refractivity contribution in [1.29, 1.82) is 0 Å². The van der Waals surface area contributed by atoms with Crippen LogP contribution in [0.25, 0.3) is 0 Å². The van der Waals surface area contributed by atoms with Gasteiger partial charge in [-0.1, -0.05) is 12.1 Å². The van der Waals surface area contributed by atoms with E-state index in [0.717, 1.165) is 0 Å². The maximum atomic E-state index is 11.6. The summed E-state index contributed by atoms with van der Waals surface area (Å²) in [5.41, 5.74) is -0.126. The molecule has 2 aromatic carbocycles. The molecule has 3 N–H and O–H groups in total. The fourth-order valence-electron chi connectivity index (χ4n) is 3.46. The third-order valence-corrected chi connectivity index (χ3v) is 4.87. The van der Waals surface area contributed by atoms with E-state index in [0.29, 0.717) is 23.6 Å². The first-order valence-corrected chi connectivity index (χ1v) is 9.59. The SMILES string of the molecule is CCOc1ccccc1N[C@@H]1c2cc(NC(C)=O)c([N+](=O)[O-])cc2OC(C)(C)[C@H]1O. The monoisotopic (exact) mass is 415 g/mol. The Kier molecular flexibility index (Phi) is 5.84. The number of rotatable bonds is 6. The number of nitrogens with zero attached hydrogens (tertiary/aromatic N) is 1. The van der Waals surface area contributed by atoms with Crippen LogP contribution in [0.1, 0.15) is 39.3 Å². The summed E-state index contributed by atoms with van der Waals surface area (Å²) in [6.07, 6.45) is -0.994. The van der Waals surface area contributed by atoms with Crippen molar-refractivity contribution in [1.82, 2.24) is 0 Å². The summed E-state index contributed by atoms with van der Waals surface area (Å²) in [6.45, 7) is 7.02. The molecule has 0 radical (unpaired) electrons. The van der Waals surface area contributed by atoms with Crippen LogP contribution in [-0.4, -0.2) is 34.2 Å². The van der Waals surface area contributed by atoms with Crippen molar-refractivity contribution in [3.05, 3.63) is 52.1 Å². The van der Waals surface area contributed by atoms with Crippen molar-refractivity contribution in [3.8, 4) is 11.5 Å². The minimum Gasteiger partial charge on any atom is -0.492 e. The number of ether oxygens (including phenoxy) is 2. The van der Waals surface area contributed by atoms with Gasteiger partial charge >= 0.3 is 0 Å². The van der Waals surface area contributed by atoms with Crippen LogP contribution in [0.4, 0.5) is 17.1 Å². The fraction of sp³-hybridized carbons (Fsp3) is 0.381. The van der Waals surface area contributed by atoms with Gasteiger partial charge in [-0.2, -0.15) is 0 Å². The second kappa shape index (κ2) is 8.19. The minimum atomic E-state index is -1.02. The Morgan fingerprint density at radius 2 is 2.00 bits per heavy atom. The first-order chi connectivity index (χ1) is 14.1. The van der Waals surface area contributed by atoms with Crippen LogP contribution in [0, 0.1) is 10.1 Å². The topological polar surface area (TPSA) is 123 Å². The summed E-state index contributed by atoms with van der Waals surface area (Å²) in [5.74, 6) is 0.432. The second-order valence-corrected chi connectivity index (χ2v) is 7.55. The van der Waals surface area contributed by atoms with Gasteiger partial charge in [0.15, 0.2) is 0 Å². The molecule has 0 fully saturated rings. The summed E-state index contributed by atoms with van der Waals surface area (Å²) in [4.78, 5) is 22.5. The number of benzene rings is 2. The van der Waals surface area contributed by atoms with Crippen molar-refractivity contribution in [3.63, 3.8) is 0 Å². The fourth-order valence-corrected chi connectivity index (χ4v) is 3.46. The quantitative estimate of drug-likeness (QED) is 0.486. The van der Waals surface area contributed by atoms with Gasteiger partial charge in [-0.15, -0.1) is 0 Å². The molecule has 1 heterocycles. The van der Waals surface area contributed by atoms with Crippen molar-refractivity contribution in [2.45, 2.75) is 45.4 Å². The average Bonchev–Trinajstić information content (AvgIpc) is 2.66. The highest BCUT2D eigenvalue weighted by Crippen LogP contribution is 2.46. The number of fused-ring (bicyclic) bond motifs is 1. The number of carbonyl (C=O) groups excluding carboxylic acids is 1. The molecule has 0 saturated heterocycles. The zero-order valence-corrected chi connectivity index (χ0v) is 17.3.